The van der Waals surface area contributed by atoms with Crippen LogP contribution in [-0.4, -0.2) is 78.9 Å². The molecule has 176 valence electrons. The predicted octanol–water partition coefficient (Wildman–Crippen LogP) is 2.78. The third-order valence-corrected chi connectivity index (χ3v) is 7.65. The highest BCUT2D eigenvalue weighted by Gasteiger charge is 2.54. The fraction of sp³-hybridized carbons (Fsp3) is 0.458. The van der Waals surface area contributed by atoms with Crippen LogP contribution in [0.2, 0.25) is 5.02 Å². The maximum atomic E-state index is 13.6. The molecule has 33 heavy (non-hydrogen) atoms. The molecule has 4 rings (SSSR count). The molecule has 2 aliphatic heterocycles. The lowest BCUT2D eigenvalue weighted by Crippen LogP contribution is -2.50. The molecule has 2 aromatic rings. The van der Waals surface area contributed by atoms with Gasteiger partial charge in [-0.1, -0.05) is 35.9 Å². The number of rotatable bonds is 8. The van der Waals surface area contributed by atoms with E-state index in [1.807, 2.05) is 6.07 Å². The SMILES string of the molecule is COCCN1C(=O)C[C@](CC(=O)N2CCN(Cc3cccs3)CC2)(c2ccccc2Cl)C1=O. The molecule has 0 bridgehead atoms. The van der Waals surface area contributed by atoms with Gasteiger partial charge < -0.3 is 9.64 Å². The fourth-order valence-corrected chi connectivity index (χ4v) is 5.71. The molecular formula is C24H28ClN3O4S. The number of carbonyl (C=O) groups excluding carboxylic acids is 3. The average Bonchev–Trinajstić information content (AvgIpc) is 3.40. The lowest BCUT2D eigenvalue weighted by molar-refractivity contribution is -0.143. The molecule has 9 heteroatoms. The van der Waals surface area contributed by atoms with E-state index in [0.717, 1.165) is 19.6 Å². The quantitative estimate of drug-likeness (QED) is 0.533. The maximum Gasteiger partial charge on any atom is 0.241 e. The topological polar surface area (TPSA) is 70.2 Å². The first-order valence-electron chi connectivity index (χ1n) is 11.1. The van der Waals surface area contributed by atoms with Gasteiger partial charge in [-0.3, -0.25) is 24.2 Å². The van der Waals surface area contributed by atoms with E-state index in [1.165, 1.54) is 16.9 Å². The highest BCUT2D eigenvalue weighted by molar-refractivity contribution is 7.09. The van der Waals surface area contributed by atoms with Crippen molar-refractivity contribution in [3.05, 3.63) is 57.2 Å². The first kappa shape index (κ1) is 23.9. The van der Waals surface area contributed by atoms with Gasteiger partial charge in [0.25, 0.3) is 0 Å². The number of halogens is 1. The lowest BCUT2D eigenvalue weighted by atomic mass is 9.75. The van der Waals surface area contributed by atoms with Crippen LogP contribution in [0, 0.1) is 0 Å². The van der Waals surface area contributed by atoms with Gasteiger partial charge in [0.05, 0.1) is 18.6 Å². The summed E-state index contributed by atoms with van der Waals surface area (Å²) in [5, 5.41) is 2.46. The second kappa shape index (κ2) is 10.3. The molecule has 1 aromatic heterocycles. The molecule has 7 nitrogen and oxygen atoms in total. The molecule has 0 saturated carbocycles. The molecule has 0 unspecified atom stereocenters. The van der Waals surface area contributed by atoms with E-state index in [2.05, 4.69) is 16.3 Å². The number of ether oxygens (including phenoxy) is 1. The lowest BCUT2D eigenvalue weighted by Gasteiger charge is -2.36. The van der Waals surface area contributed by atoms with Gasteiger partial charge in [-0.15, -0.1) is 11.3 Å². The zero-order chi connectivity index (χ0) is 23.4. The second-order valence-electron chi connectivity index (χ2n) is 8.50. The van der Waals surface area contributed by atoms with Crippen LogP contribution in [0.15, 0.2) is 41.8 Å². The zero-order valence-corrected chi connectivity index (χ0v) is 20.2. The van der Waals surface area contributed by atoms with Gasteiger partial charge in [0, 0.05) is 62.6 Å². The minimum Gasteiger partial charge on any atom is -0.383 e. The van der Waals surface area contributed by atoms with E-state index in [1.54, 1.807) is 40.5 Å². The first-order valence-corrected chi connectivity index (χ1v) is 12.3. The number of hydrogen-bond donors (Lipinski definition) is 0. The Hall–Kier alpha value is -2.26. The Kier molecular flexibility index (Phi) is 7.48. The molecule has 3 heterocycles. The molecule has 1 aromatic carbocycles. The number of likely N-dealkylation sites (tertiary alicyclic amines) is 1. The number of methoxy groups -OCH3 is 1. The Balaban J connectivity index is 1.51. The van der Waals surface area contributed by atoms with Crippen LogP contribution >= 0.6 is 22.9 Å². The van der Waals surface area contributed by atoms with Crippen molar-refractivity contribution in [3.63, 3.8) is 0 Å². The van der Waals surface area contributed by atoms with Gasteiger partial charge in [-0.05, 0) is 23.1 Å². The van der Waals surface area contributed by atoms with Crippen LogP contribution in [-0.2, 0) is 31.1 Å². The van der Waals surface area contributed by atoms with Gasteiger partial charge in [0.1, 0.15) is 0 Å². The summed E-state index contributed by atoms with van der Waals surface area (Å²) in [4.78, 5) is 46.4. The Bertz CT molecular complexity index is 1010. The summed E-state index contributed by atoms with van der Waals surface area (Å²) in [6.45, 7) is 4.03. The summed E-state index contributed by atoms with van der Waals surface area (Å²) in [6.07, 6.45) is -0.140. The molecule has 0 N–H and O–H groups in total. The summed E-state index contributed by atoms with van der Waals surface area (Å²) in [5.41, 5.74) is -0.747. The molecule has 3 amide bonds. The monoisotopic (exact) mass is 489 g/mol. The molecule has 2 aliphatic rings. The van der Waals surface area contributed by atoms with E-state index in [9.17, 15) is 14.4 Å². The van der Waals surface area contributed by atoms with Crippen LogP contribution in [0.25, 0.3) is 0 Å². The fourth-order valence-electron chi connectivity index (χ4n) is 4.65. The number of hydrogen-bond acceptors (Lipinski definition) is 6. The van der Waals surface area contributed by atoms with Crippen LogP contribution < -0.4 is 0 Å². The standard InChI is InChI=1S/C24H28ClN3O4S/c1-32-13-12-28-22(30)16-24(23(28)31,19-6-2-3-7-20(19)25)15-21(29)27-10-8-26(9-11-27)17-18-5-4-14-33-18/h2-7,14H,8-13,15-17H2,1H3/t24-/m1/s1. The highest BCUT2D eigenvalue weighted by atomic mass is 35.5. The van der Waals surface area contributed by atoms with Gasteiger partial charge in [0.2, 0.25) is 17.7 Å². The number of benzene rings is 1. The van der Waals surface area contributed by atoms with E-state index in [4.69, 9.17) is 16.3 Å². The molecule has 0 spiro atoms. The van der Waals surface area contributed by atoms with E-state index >= 15 is 0 Å². The van der Waals surface area contributed by atoms with Gasteiger partial charge in [-0.2, -0.15) is 0 Å². The van der Waals surface area contributed by atoms with Crippen molar-refractivity contribution in [1.82, 2.24) is 14.7 Å². The maximum absolute atomic E-state index is 13.6. The summed E-state index contributed by atoms with van der Waals surface area (Å²) in [6, 6.07) is 11.2. The summed E-state index contributed by atoms with van der Waals surface area (Å²) < 4.78 is 5.07. The summed E-state index contributed by atoms with van der Waals surface area (Å²) in [5.74, 6) is -0.798. The average molecular weight is 490 g/mol. The largest absolute Gasteiger partial charge is 0.383 e. The van der Waals surface area contributed by atoms with Crippen LogP contribution in [0.5, 0.6) is 0 Å². The third kappa shape index (κ3) is 4.99. The molecule has 0 aliphatic carbocycles. The first-order chi connectivity index (χ1) is 15.9. The number of nitrogens with zero attached hydrogens (tertiary/aromatic N) is 3. The molecule has 1 atom stereocenters. The van der Waals surface area contributed by atoms with Gasteiger partial charge in [0.15, 0.2) is 0 Å². The highest BCUT2D eigenvalue weighted by Crippen LogP contribution is 2.43. The zero-order valence-electron chi connectivity index (χ0n) is 18.7. The number of carbonyl (C=O) groups is 3. The van der Waals surface area contributed by atoms with Crippen LogP contribution in [0.1, 0.15) is 23.3 Å². The number of piperazine rings is 1. The summed E-state index contributed by atoms with van der Waals surface area (Å²) in [7, 11) is 1.52. The van der Waals surface area contributed by atoms with Crippen molar-refractivity contribution in [2.45, 2.75) is 24.8 Å². The molecule has 2 fully saturated rings. The molecule has 0 radical (unpaired) electrons. The van der Waals surface area contributed by atoms with Crippen molar-refractivity contribution in [3.8, 4) is 0 Å². The van der Waals surface area contributed by atoms with E-state index in [-0.39, 0.29) is 43.7 Å². The minimum absolute atomic E-state index is 0.0661. The minimum atomic E-state index is -1.28. The van der Waals surface area contributed by atoms with Crippen molar-refractivity contribution >= 4 is 40.7 Å². The molecular weight excluding hydrogens is 462 g/mol. The number of amides is 3. The Morgan fingerprint density at radius 1 is 1.12 bits per heavy atom. The summed E-state index contributed by atoms with van der Waals surface area (Å²) >= 11 is 8.21. The van der Waals surface area contributed by atoms with E-state index < -0.39 is 5.41 Å². The normalized spacial score (nSPS) is 21.8. The third-order valence-electron chi connectivity index (χ3n) is 6.45. The smallest absolute Gasteiger partial charge is 0.241 e. The van der Waals surface area contributed by atoms with Crippen LogP contribution in [0.3, 0.4) is 0 Å². The van der Waals surface area contributed by atoms with Crippen molar-refractivity contribution in [2.75, 3.05) is 46.4 Å². The van der Waals surface area contributed by atoms with Gasteiger partial charge in [-0.25, -0.2) is 0 Å². The predicted molar refractivity (Wildman–Crippen MR) is 127 cm³/mol. The Labute approximate surface area is 202 Å². The van der Waals surface area contributed by atoms with Crippen molar-refractivity contribution in [1.29, 1.82) is 0 Å². The Morgan fingerprint density at radius 3 is 2.55 bits per heavy atom. The molecule has 2 saturated heterocycles. The van der Waals surface area contributed by atoms with Crippen LogP contribution in [0.4, 0.5) is 0 Å². The number of imide groups is 1. The number of thiophene rings is 1. The second-order valence-corrected chi connectivity index (χ2v) is 9.93. The van der Waals surface area contributed by atoms with Gasteiger partial charge >= 0.3 is 0 Å². The Morgan fingerprint density at radius 2 is 1.88 bits per heavy atom. The van der Waals surface area contributed by atoms with Crippen molar-refractivity contribution in [2.24, 2.45) is 0 Å². The van der Waals surface area contributed by atoms with Crippen molar-refractivity contribution < 1.29 is 19.1 Å². The van der Waals surface area contributed by atoms with E-state index in [0.29, 0.717) is 23.7 Å².